The van der Waals surface area contributed by atoms with Gasteiger partial charge < -0.3 is 0 Å². The first-order valence-corrected chi connectivity index (χ1v) is 14.9. The van der Waals surface area contributed by atoms with Crippen LogP contribution in [0.1, 0.15) is 0 Å². The fraction of sp³-hybridized carbons (Fsp3) is 0. The molecule has 0 spiro atoms. The van der Waals surface area contributed by atoms with Gasteiger partial charge in [0.1, 0.15) is 0 Å². The number of nitrogens with zero attached hydrogens (tertiary/aromatic N) is 4. The second-order valence-corrected chi connectivity index (χ2v) is 11.3. The molecule has 5 heteroatoms. The molecule has 9 aromatic rings. The van der Waals surface area contributed by atoms with Crippen LogP contribution in [0.2, 0.25) is 0 Å². The fourth-order valence-electron chi connectivity index (χ4n) is 6.54. The van der Waals surface area contributed by atoms with Crippen LogP contribution in [0.25, 0.3) is 82.6 Å². The van der Waals surface area contributed by atoms with E-state index in [2.05, 4.69) is 112 Å². The van der Waals surface area contributed by atoms with Crippen LogP contribution in [0.4, 0.5) is 0 Å². The van der Waals surface area contributed by atoms with Crippen LogP contribution in [-0.4, -0.2) is 19.4 Å². The molecule has 45 heavy (non-hydrogen) atoms. The minimum atomic E-state index is -0.400. The Bertz CT molecular complexity index is 2640. The summed E-state index contributed by atoms with van der Waals surface area (Å²) in [5.41, 5.74) is 5.53. The molecule has 0 fully saturated rings. The van der Waals surface area contributed by atoms with Crippen LogP contribution >= 0.6 is 0 Å². The first-order chi connectivity index (χ1) is 22.2. The SMILES string of the molecule is O=c1nc(-c2ccccc2)nc2ncc3cc(-c4cccc(-c5ccc6c7ccccc7c7ccccc7c6c5)c4)ccc3n12. The van der Waals surface area contributed by atoms with Gasteiger partial charge >= 0.3 is 5.69 Å². The normalized spacial score (nSPS) is 11.6. The van der Waals surface area contributed by atoms with E-state index < -0.39 is 5.69 Å². The van der Waals surface area contributed by atoms with Crippen molar-refractivity contribution in [2.75, 3.05) is 0 Å². The molecule has 7 aromatic carbocycles. The van der Waals surface area contributed by atoms with E-state index in [9.17, 15) is 4.79 Å². The van der Waals surface area contributed by atoms with Crippen LogP contribution < -0.4 is 5.69 Å². The van der Waals surface area contributed by atoms with Crippen LogP contribution in [-0.2, 0) is 0 Å². The lowest BCUT2D eigenvalue weighted by molar-refractivity contribution is 0.949. The second-order valence-electron chi connectivity index (χ2n) is 11.3. The molecule has 0 aliphatic carbocycles. The third-order valence-electron chi connectivity index (χ3n) is 8.69. The maximum Gasteiger partial charge on any atom is 0.357 e. The maximum atomic E-state index is 13.2. The number of benzene rings is 7. The number of aromatic nitrogens is 4. The Morgan fingerprint density at radius 2 is 1.00 bits per heavy atom. The van der Waals surface area contributed by atoms with E-state index >= 15 is 0 Å². The lowest BCUT2D eigenvalue weighted by Crippen LogP contribution is -2.20. The second kappa shape index (κ2) is 9.93. The van der Waals surface area contributed by atoms with Crippen molar-refractivity contribution < 1.29 is 0 Å². The van der Waals surface area contributed by atoms with Crippen molar-refractivity contribution in [3.63, 3.8) is 0 Å². The largest absolute Gasteiger partial charge is 0.357 e. The third kappa shape index (κ3) is 4.09. The number of hydrogen-bond donors (Lipinski definition) is 0. The molecule has 0 aliphatic rings. The number of rotatable bonds is 3. The van der Waals surface area contributed by atoms with Gasteiger partial charge in [0, 0.05) is 17.1 Å². The highest BCUT2D eigenvalue weighted by Crippen LogP contribution is 2.37. The van der Waals surface area contributed by atoms with Gasteiger partial charge in [-0.15, -0.1) is 0 Å². The van der Waals surface area contributed by atoms with E-state index in [4.69, 9.17) is 0 Å². The third-order valence-corrected chi connectivity index (χ3v) is 8.69. The first-order valence-electron chi connectivity index (χ1n) is 14.9. The Hall–Kier alpha value is -6.20. The van der Waals surface area contributed by atoms with Gasteiger partial charge in [-0.1, -0.05) is 115 Å². The molecule has 0 amide bonds. The summed E-state index contributed by atoms with van der Waals surface area (Å²) < 4.78 is 1.48. The van der Waals surface area contributed by atoms with Crippen molar-refractivity contribution in [3.8, 4) is 33.6 Å². The molecule has 0 bridgehead atoms. The summed E-state index contributed by atoms with van der Waals surface area (Å²) in [6.07, 6.45) is 1.78. The van der Waals surface area contributed by atoms with Gasteiger partial charge in [-0.3, -0.25) is 0 Å². The van der Waals surface area contributed by atoms with E-state index in [-0.39, 0.29) is 0 Å². The predicted octanol–water partition coefficient (Wildman–Crippen LogP) is 9.10. The molecule has 2 heterocycles. The van der Waals surface area contributed by atoms with Gasteiger partial charge in [0.25, 0.3) is 0 Å². The van der Waals surface area contributed by atoms with Crippen LogP contribution in [0, 0.1) is 0 Å². The molecule has 0 unspecified atom stereocenters. The number of hydrogen-bond acceptors (Lipinski definition) is 4. The topological polar surface area (TPSA) is 60.2 Å². The molecule has 9 rings (SSSR count). The summed E-state index contributed by atoms with van der Waals surface area (Å²) in [6.45, 7) is 0. The van der Waals surface area contributed by atoms with Gasteiger partial charge in [-0.05, 0) is 78.8 Å². The predicted molar refractivity (Wildman–Crippen MR) is 183 cm³/mol. The monoisotopic (exact) mass is 576 g/mol. The van der Waals surface area contributed by atoms with Crippen molar-refractivity contribution in [2.45, 2.75) is 0 Å². The van der Waals surface area contributed by atoms with Gasteiger partial charge in [0.2, 0.25) is 5.78 Å². The Labute approximate surface area is 257 Å². The van der Waals surface area contributed by atoms with Crippen molar-refractivity contribution in [3.05, 3.63) is 156 Å². The van der Waals surface area contributed by atoms with Gasteiger partial charge in [0.15, 0.2) is 5.82 Å². The fourth-order valence-corrected chi connectivity index (χ4v) is 6.54. The van der Waals surface area contributed by atoms with E-state index in [1.54, 1.807) is 6.20 Å². The summed E-state index contributed by atoms with van der Waals surface area (Å²) in [5, 5.41) is 8.42. The number of fused-ring (bicyclic) bond motifs is 9. The Balaban J connectivity index is 1.15. The molecule has 5 nitrogen and oxygen atoms in total. The molecular weight excluding hydrogens is 552 g/mol. The summed E-state index contributed by atoms with van der Waals surface area (Å²) in [5.74, 6) is 0.698. The maximum absolute atomic E-state index is 13.2. The molecule has 0 atom stereocenters. The van der Waals surface area contributed by atoms with E-state index in [0.29, 0.717) is 11.6 Å². The van der Waals surface area contributed by atoms with Crippen molar-refractivity contribution in [1.29, 1.82) is 0 Å². The Morgan fingerprint density at radius 3 is 1.71 bits per heavy atom. The van der Waals surface area contributed by atoms with E-state index in [1.807, 2.05) is 42.5 Å². The van der Waals surface area contributed by atoms with Crippen molar-refractivity contribution in [1.82, 2.24) is 19.4 Å². The standard InChI is InChI=1S/C40H24N4O/c45-40-43-38(25-9-2-1-3-10-25)42-39-41-24-30-22-28(18-20-37(30)44(39)40)26-11-8-12-27(21-26)29-17-19-35-33-15-5-4-13-31(33)32-14-6-7-16-34(32)36(35)23-29/h1-24H. The van der Waals surface area contributed by atoms with Gasteiger partial charge in [-0.25, -0.2) is 14.2 Å². The average molecular weight is 577 g/mol. The van der Waals surface area contributed by atoms with Crippen LogP contribution in [0.3, 0.4) is 0 Å². The molecule has 0 aliphatic heterocycles. The molecule has 0 radical (unpaired) electrons. The van der Waals surface area contributed by atoms with Gasteiger partial charge in [0.05, 0.1) is 5.52 Å². The molecular formula is C40H24N4O. The lowest BCUT2D eigenvalue weighted by atomic mass is 9.91. The summed E-state index contributed by atoms with van der Waals surface area (Å²) in [7, 11) is 0. The highest BCUT2D eigenvalue weighted by atomic mass is 16.1. The minimum Gasteiger partial charge on any atom is -0.245 e. The zero-order valence-corrected chi connectivity index (χ0v) is 24.1. The van der Waals surface area contributed by atoms with Gasteiger partial charge in [-0.2, -0.15) is 9.97 Å². The summed E-state index contributed by atoms with van der Waals surface area (Å²) in [6, 6.07) is 48.2. The zero-order valence-electron chi connectivity index (χ0n) is 24.1. The van der Waals surface area contributed by atoms with E-state index in [0.717, 1.165) is 38.7 Å². The zero-order chi connectivity index (χ0) is 29.9. The Kier molecular flexibility index (Phi) is 5.59. The molecule has 2 aromatic heterocycles. The van der Waals surface area contributed by atoms with Crippen LogP contribution in [0.15, 0.2) is 151 Å². The lowest BCUT2D eigenvalue weighted by Gasteiger charge is -2.13. The van der Waals surface area contributed by atoms with Crippen LogP contribution in [0.5, 0.6) is 0 Å². The molecule has 0 saturated carbocycles. The first kappa shape index (κ1) is 25.3. The minimum absolute atomic E-state index is 0.327. The summed E-state index contributed by atoms with van der Waals surface area (Å²) in [4.78, 5) is 26.5. The average Bonchev–Trinajstić information content (AvgIpc) is 3.11. The Morgan fingerprint density at radius 1 is 0.444 bits per heavy atom. The highest BCUT2D eigenvalue weighted by molar-refractivity contribution is 6.25. The highest BCUT2D eigenvalue weighted by Gasteiger charge is 2.13. The van der Waals surface area contributed by atoms with Crippen molar-refractivity contribution >= 4 is 49.0 Å². The molecule has 0 N–H and O–H groups in total. The smallest absolute Gasteiger partial charge is 0.245 e. The summed E-state index contributed by atoms with van der Waals surface area (Å²) >= 11 is 0. The van der Waals surface area contributed by atoms with E-state index in [1.165, 1.54) is 36.7 Å². The molecule has 210 valence electrons. The molecule has 0 saturated heterocycles. The van der Waals surface area contributed by atoms with Crippen molar-refractivity contribution in [2.24, 2.45) is 0 Å². The quantitative estimate of drug-likeness (QED) is 0.197.